The summed E-state index contributed by atoms with van der Waals surface area (Å²) in [5, 5.41) is 2.39. The van der Waals surface area contributed by atoms with Crippen LogP contribution in [0.15, 0.2) is 116 Å². The minimum absolute atomic E-state index is 0.999. The Bertz CT molecular complexity index is 1810. The first-order valence-corrected chi connectivity index (χ1v) is 11.1. The molecule has 0 saturated carbocycles. The second-order valence-corrected chi connectivity index (χ2v) is 8.35. The van der Waals surface area contributed by atoms with Crippen LogP contribution in [0.2, 0.25) is 0 Å². The second-order valence-electron chi connectivity index (χ2n) is 8.35. The van der Waals surface area contributed by atoms with E-state index in [-0.39, 0.29) is 0 Å². The van der Waals surface area contributed by atoms with Crippen molar-refractivity contribution in [2.24, 2.45) is 0 Å². The molecule has 0 unspecified atom stereocenters. The molecular formula is C30H19N3. The van der Waals surface area contributed by atoms with E-state index < -0.39 is 0 Å². The molecule has 0 saturated heterocycles. The van der Waals surface area contributed by atoms with E-state index in [2.05, 4.69) is 100 Å². The van der Waals surface area contributed by atoms with Crippen molar-refractivity contribution < 1.29 is 0 Å². The van der Waals surface area contributed by atoms with Crippen molar-refractivity contribution >= 4 is 38.4 Å². The summed E-state index contributed by atoms with van der Waals surface area (Å²) >= 11 is 0. The number of fused-ring (bicyclic) bond motifs is 6. The van der Waals surface area contributed by atoms with Gasteiger partial charge in [0.15, 0.2) is 0 Å². The van der Waals surface area contributed by atoms with Crippen molar-refractivity contribution in [3.8, 4) is 22.3 Å². The molecule has 33 heavy (non-hydrogen) atoms. The molecule has 0 spiro atoms. The van der Waals surface area contributed by atoms with Gasteiger partial charge >= 0.3 is 0 Å². The van der Waals surface area contributed by atoms with Gasteiger partial charge in [0.05, 0.1) is 33.8 Å². The number of pyridine rings is 1. The van der Waals surface area contributed by atoms with Gasteiger partial charge in [0, 0.05) is 22.5 Å². The van der Waals surface area contributed by atoms with Crippen LogP contribution in [0.1, 0.15) is 0 Å². The second kappa shape index (κ2) is 7.01. The average Bonchev–Trinajstić information content (AvgIpc) is 3.23. The summed E-state index contributed by atoms with van der Waals surface area (Å²) in [6, 6.07) is 36.3. The van der Waals surface area contributed by atoms with Crippen molar-refractivity contribution in [1.29, 1.82) is 0 Å². The van der Waals surface area contributed by atoms with Gasteiger partial charge in [-0.25, -0.2) is 0 Å². The molecular weight excluding hydrogens is 402 g/mol. The minimum Gasteiger partial charge on any atom is -0.306 e. The van der Waals surface area contributed by atoms with E-state index in [0.717, 1.165) is 27.5 Å². The van der Waals surface area contributed by atoms with E-state index in [1.54, 1.807) is 0 Å². The SMILES string of the molecule is c1cnc2ccc(-c3ccc(-c4c5ccccc5n5c4cnc4ccccc45)cc3)cc2c1. The number of hydrogen-bond donors (Lipinski definition) is 0. The molecule has 7 rings (SSSR count). The van der Waals surface area contributed by atoms with Crippen LogP contribution < -0.4 is 0 Å². The van der Waals surface area contributed by atoms with Gasteiger partial charge in [0.2, 0.25) is 0 Å². The number of hydrogen-bond acceptors (Lipinski definition) is 2. The normalized spacial score (nSPS) is 11.6. The van der Waals surface area contributed by atoms with Crippen molar-refractivity contribution in [3.05, 3.63) is 116 Å². The molecule has 154 valence electrons. The Balaban J connectivity index is 1.43. The Hall–Kier alpha value is -4.50. The van der Waals surface area contributed by atoms with Gasteiger partial charge in [-0.05, 0) is 53.1 Å². The Labute approximate surface area is 190 Å². The van der Waals surface area contributed by atoms with Crippen molar-refractivity contribution in [2.75, 3.05) is 0 Å². The van der Waals surface area contributed by atoms with E-state index in [1.165, 1.54) is 33.2 Å². The summed E-state index contributed by atoms with van der Waals surface area (Å²) in [4.78, 5) is 9.19. The monoisotopic (exact) mass is 421 g/mol. The lowest BCUT2D eigenvalue weighted by atomic mass is 9.98. The zero-order chi connectivity index (χ0) is 21.8. The Morgan fingerprint density at radius 2 is 1.27 bits per heavy atom. The van der Waals surface area contributed by atoms with E-state index in [0.29, 0.717) is 0 Å². The molecule has 0 radical (unpaired) electrons. The molecule has 0 fully saturated rings. The zero-order valence-corrected chi connectivity index (χ0v) is 17.8. The number of benzene rings is 4. The highest BCUT2D eigenvalue weighted by atomic mass is 14.9. The van der Waals surface area contributed by atoms with Gasteiger partial charge in [-0.2, -0.15) is 0 Å². The average molecular weight is 422 g/mol. The maximum absolute atomic E-state index is 4.76. The number of para-hydroxylation sites is 3. The van der Waals surface area contributed by atoms with E-state index in [1.807, 2.05) is 24.5 Å². The first-order chi connectivity index (χ1) is 16.4. The molecule has 0 aliphatic heterocycles. The van der Waals surface area contributed by atoms with Gasteiger partial charge in [-0.3, -0.25) is 9.97 Å². The molecule has 0 bridgehead atoms. The van der Waals surface area contributed by atoms with E-state index in [4.69, 9.17) is 4.98 Å². The predicted octanol–water partition coefficient (Wildman–Crippen LogP) is 7.52. The van der Waals surface area contributed by atoms with Gasteiger partial charge in [0.1, 0.15) is 0 Å². The highest BCUT2D eigenvalue weighted by Gasteiger charge is 2.15. The maximum atomic E-state index is 4.76. The molecule has 3 heterocycles. The Morgan fingerprint density at radius 1 is 0.515 bits per heavy atom. The van der Waals surface area contributed by atoms with Crippen molar-refractivity contribution in [1.82, 2.24) is 14.4 Å². The molecule has 3 heteroatoms. The highest BCUT2D eigenvalue weighted by Crippen LogP contribution is 2.37. The summed E-state index contributed by atoms with van der Waals surface area (Å²) in [6.07, 6.45) is 3.84. The molecule has 7 aromatic rings. The summed E-state index contributed by atoms with van der Waals surface area (Å²) in [7, 11) is 0. The first kappa shape index (κ1) is 18.1. The molecule has 0 atom stereocenters. The summed E-state index contributed by atoms with van der Waals surface area (Å²) in [6.45, 7) is 0. The summed E-state index contributed by atoms with van der Waals surface area (Å²) < 4.78 is 2.33. The molecule has 0 aliphatic carbocycles. The Kier molecular flexibility index (Phi) is 3.84. The smallest absolute Gasteiger partial charge is 0.0871 e. The summed E-state index contributed by atoms with van der Waals surface area (Å²) in [5.74, 6) is 0. The Morgan fingerprint density at radius 3 is 2.18 bits per heavy atom. The van der Waals surface area contributed by atoms with E-state index >= 15 is 0 Å². The lowest BCUT2D eigenvalue weighted by Gasteiger charge is -2.07. The van der Waals surface area contributed by atoms with Crippen LogP contribution in [0.5, 0.6) is 0 Å². The fourth-order valence-electron chi connectivity index (χ4n) is 4.92. The van der Waals surface area contributed by atoms with Crippen LogP contribution in [-0.2, 0) is 0 Å². The molecule has 3 nitrogen and oxygen atoms in total. The molecule has 0 amide bonds. The third-order valence-corrected chi connectivity index (χ3v) is 6.47. The van der Waals surface area contributed by atoms with Crippen LogP contribution in [-0.4, -0.2) is 14.4 Å². The number of nitrogens with zero attached hydrogens (tertiary/aromatic N) is 3. The van der Waals surface area contributed by atoms with Crippen LogP contribution in [0.3, 0.4) is 0 Å². The van der Waals surface area contributed by atoms with Crippen LogP contribution in [0.4, 0.5) is 0 Å². The lowest BCUT2D eigenvalue weighted by molar-refractivity contribution is 1.27. The zero-order valence-electron chi connectivity index (χ0n) is 17.8. The third kappa shape index (κ3) is 2.76. The quantitative estimate of drug-likeness (QED) is 0.289. The van der Waals surface area contributed by atoms with Crippen molar-refractivity contribution in [3.63, 3.8) is 0 Å². The fourth-order valence-corrected chi connectivity index (χ4v) is 4.92. The topological polar surface area (TPSA) is 30.2 Å². The summed E-state index contributed by atoms with van der Waals surface area (Å²) in [5.41, 5.74) is 10.3. The van der Waals surface area contributed by atoms with Gasteiger partial charge in [-0.1, -0.05) is 66.7 Å². The minimum atomic E-state index is 0.999. The molecule has 0 aliphatic rings. The number of rotatable bonds is 2. The van der Waals surface area contributed by atoms with Gasteiger partial charge in [0.25, 0.3) is 0 Å². The fraction of sp³-hybridized carbons (Fsp3) is 0. The third-order valence-electron chi connectivity index (χ3n) is 6.47. The number of aromatic nitrogens is 3. The van der Waals surface area contributed by atoms with Gasteiger partial charge in [-0.15, -0.1) is 0 Å². The van der Waals surface area contributed by atoms with Crippen LogP contribution in [0.25, 0.3) is 60.6 Å². The molecule has 0 N–H and O–H groups in total. The molecule has 3 aromatic heterocycles. The maximum Gasteiger partial charge on any atom is 0.0871 e. The largest absolute Gasteiger partial charge is 0.306 e. The van der Waals surface area contributed by atoms with Crippen molar-refractivity contribution in [2.45, 2.75) is 0 Å². The van der Waals surface area contributed by atoms with E-state index in [9.17, 15) is 0 Å². The molecule has 4 aromatic carbocycles. The van der Waals surface area contributed by atoms with Gasteiger partial charge < -0.3 is 4.40 Å². The standard InChI is InChI=1S/C30H19N3/c1-3-9-27-24(7-1)30(29-19-32-26-8-2-4-10-28(26)33(27)29)21-13-11-20(12-14-21)22-15-16-25-23(18-22)6-5-17-31-25/h1-19H. The first-order valence-electron chi connectivity index (χ1n) is 11.1. The van der Waals surface area contributed by atoms with Crippen LogP contribution >= 0.6 is 0 Å². The lowest BCUT2D eigenvalue weighted by Crippen LogP contribution is -1.90. The van der Waals surface area contributed by atoms with Crippen LogP contribution in [0, 0.1) is 0 Å². The highest BCUT2D eigenvalue weighted by molar-refractivity contribution is 6.08. The predicted molar refractivity (Wildman–Crippen MR) is 136 cm³/mol.